The Morgan fingerprint density at radius 3 is 2.74 bits per heavy atom. The molecule has 1 saturated heterocycles. The summed E-state index contributed by atoms with van der Waals surface area (Å²) in [5.74, 6) is 0.980. The molecule has 4 nitrogen and oxygen atoms in total. The van der Waals surface area contributed by atoms with E-state index in [1.807, 2.05) is 26.0 Å². The average molecular weight is 262 g/mol. The first-order chi connectivity index (χ1) is 9.04. The lowest BCUT2D eigenvalue weighted by molar-refractivity contribution is -0.120. The SMILES string of the molecule is COc1c(C)ccc(NC(=O)C2CCNC2C)c1C. The van der Waals surface area contributed by atoms with Crippen molar-refractivity contribution in [1.29, 1.82) is 0 Å². The fourth-order valence-corrected chi connectivity index (χ4v) is 2.72. The molecule has 2 unspecified atom stereocenters. The van der Waals surface area contributed by atoms with Gasteiger partial charge in [-0.25, -0.2) is 0 Å². The highest BCUT2D eigenvalue weighted by atomic mass is 16.5. The number of benzene rings is 1. The van der Waals surface area contributed by atoms with Gasteiger partial charge in [0.05, 0.1) is 13.0 Å². The molecule has 2 atom stereocenters. The van der Waals surface area contributed by atoms with Crippen molar-refractivity contribution in [3.8, 4) is 5.75 Å². The second-order valence-corrected chi connectivity index (χ2v) is 5.22. The van der Waals surface area contributed by atoms with Crippen molar-refractivity contribution in [1.82, 2.24) is 5.32 Å². The molecule has 1 heterocycles. The van der Waals surface area contributed by atoms with Gasteiger partial charge in [0.25, 0.3) is 0 Å². The fraction of sp³-hybridized carbons (Fsp3) is 0.533. The third-order valence-electron chi connectivity index (χ3n) is 3.93. The number of rotatable bonds is 3. The second-order valence-electron chi connectivity index (χ2n) is 5.22. The van der Waals surface area contributed by atoms with Gasteiger partial charge in [0, 0.05) is 17.3 Å². The van der Waals surface area contributed by atoms with E-state index in [1.54, 1.807) is 7.11 Å². The quantitative estimate of drug-likeness (QED) is 0.878. The molecular formula is C15H22N2O2. The maximum absolute atomic E-state index is 12.3. The number of anilines is 1. The zero-order valence-corrected chi connectivity index (χ0v) is 12.0. The normalized spacial score (nSPS) is 22.3. The van der Waals surface area contributed by atoms with Crippen LogP contribution in [0.2, 0.25) is 0 Å². The van der Waals surface area contributed by atoms with Crippen LogP contribution in [-0.2, 0) is 4.79 Å². The summed E-state index contributed by atoms with van der Waals surface area (Å²) in [6.45, 7) is 6.94. The molecule has 0 spiro atoms. The molecule has 1 fully saturated rings. The summed E-state index contributed by atoms with van der Waals surface area (Å²) in [5, 5.41) is 6.32. The van der Waals surface area contributed by atoms with Crippen LogP contribution >= 0.6 is 0 Å². The first-order valence-electron chi connectivity index (χ1n) is 6.73. The molecule has 1 aromatic carbocycles. The third-order valence-corrected chi connectivity index (χ3v) is 3.93. The van der Waals surface area contributed by atoms with Crippen molar-refractivity contribution in [2.45, 2.75) is 33.2 Å². The van der Waals surface area contributed by atoms with Gasteiger partial charge in [0.2, 0.25) is 5.91 Å². The molecule has 0 aromatic heterocycles. The number of carbonyl (C=O) groups excluding carboxylic acids is 1. The molecule has 0 radical (unpaired) electrons. The zero-order valence-electron chi connectivity index (χ0n) is 12.0. The Balaban J connectivity index is 2.17. The van der Waals surface area contributed by atoms with E-state index in [0.717, 1.165) is 35.5 Å². The van der Waals surface area contributed by atoms with Crippen molar-refractivity contribution >= 4 is 11.6 Å². The summed E-state index contributed by atoms with van der Waals surface area (Å²) in [7, 11) is 1.66. The number of amides is 1. The Bertz CT molecular complexity index is 485. The van der Waals surface area contributed by atoms with E-state index in [9.17, 15) is 4.79 Å². The van der Waals surface area contributed by atoms with E-state index in [-0.39, 0.29) is 17.9 Å². The van der Waals surface area contributed by atoms with Crippen LogP contribution in [0.1, 0.15) is 24.5 Å². The summed E-state index contributed by atoms with van der Waals surface area (Å²) >= 11 is 0. The lowest BCUT2D eigenvalue weighted by Crippen LogP contribution is -2.32. The van der Waals surface area contributed by atoms with E-state index >= 15 is 0 Å². The van der Waals surface area contributed by atoms with Crippen LogP contribution in [0, 0.1) is 19.8 Å². The molecule has 0 saturated carbocycles. The van der Waals surface area contributed by atoms with Gasteiger partial charge in [-0.1, -0.05) is 6.07 Å². The van der Waals surface area contributed by atoms with Crippen molar-refractivity contribution in [3.63, 3.8) is 0 Å². The lowest BCUT2D eigenvalue weighted by Gasteiger charge is -2.18. The Morgan fingerprint density at radius 1 is 1.42 bits per heavy atom. The van der Waals surface area contributed by atoms with Crippen LogP contribution in [0.4, 0.5) is 5.69 Å². The summed E-state index contributed by atoms with van der Waals surface area (Å²) in [4.78, 5) is 12.3. The van der Waals surface area contributed by atoms with Gasteiger partial charge in [-0.2, -0.15) is 0 Å². The van der Waals surface area contributed by atoms with Crippen molar-refractivity contribution in [2.24, 2.45) is 5.92 Å². The molecule has 0 bridgehead atoms. The summed E-state index contributed by atoms with van der Waals surface area (Å²) in [6.07, 6.45) is 0.898. The first-order valence-corrected chi connectivity index (χ1v) is 6.73. The minimum absolute atomic E-state index is 0.0479. The number of hydrogen-bond donors (Lipinski definition) is 2. The minimum atomic E-state index is 0.0479. The van der Waals surface area contributed by atoms with Gasteiger partial charge in [-0.3, -0.25) is 4.79 Å². The summed E-state index contributed by atoms with van der Waals surface area (Å²) < 4.78 is 5.38. The molecule has 4 heteroatoms. The zero-order chi connectivity index (χ0) is 14.0. The van der Waals surface area contributed by atoms with E-state index in [1.165, 1.54) is 0 Å². The van der Waals surface area contributed by atoms with E-state index in [0.29, 0.717) is 0 Å². The summed E-state index contributed by atoms with van der Waals surface area (Å²) in [6, 6.07) is 4.16. The predicted octanol–water partition coefficient (Wildman–Crippen LogP) is 2.25. The predicted molar refractivity (Wildman–Crippen MR) is 76.7 cm³/mol. The van der Waals surface area contributed by atoms with Crippen LogP contribution in [-0.4, -0.2) is 25.6 Å². The molecule has 1 aromatic rings. The van der Waals surface area contributed by atoms with Crippen molar-refractivity contribution < 1.29 is 9.53 Å². The molecule has 104 valence electrons. The molecule has 19 heavy (non-hydrogen) atoms. The Labute approximate surface area is 114 Å². The fourth-order valence-electron chi connectivity index (χ4n) is 2.72. The van der Waals surface area contributed by atoms with Crippen LogP contribution < -0.4 is 15.4 Å². The van der Waals surface area contributed by atoms with E-state index in [2.05, 4.69) is 17.6 Å². The van der Waals surface area contributed by atoms with Gasteiger partial charge in [-0.05, 0) is 45.4 Å². The number of methoxy groups -OCH3 is 1. The van der Waals surface area contributed by atoms with Gasteiger partial charge >= 0.3 is 0 Å². The van der Waals surface area contributed by atoms with Crippen molar-refractivity contribution in [3.05, 3.63) is 23.3 Å². The van der Waals surface area contributed by atoms with Crippen LogP contribution in [0.5, 0.6) is 5.75 Å². The topological polar surface area (TPSA) is 50.4 Å². The standard InChI is InChI=1S/C15H22N2O2/c1-9-5-6-13(10(2)14(9)19-4)17-15(18)12-7-8-16-11(12)3/h5-6,11-12,16H,7-8H2,1-4H3,(H,17,18). The highest BCUT2D eigenvalue weighted by molar-refractivity contribution is 5.94. The Morgan fingerprint density at radius 2 is 2.16 bits per heavy atom. The number of aryl methyl sites for hydroxylation is 1. The van der Waals surface area contributed by atoms with Gasteiger partial charge in [0.1, 0.15) is 5.75 Å². The highest BCUT2D eigenvalue weighted by Crippen LogP contribution is 2.30. The molecule has 1 amide bonds. The molecule has 0 aliphatic carbocycles. The Hall–Kier alpha value is -1.55. The molecule has 1 aliphatic rings. The lowest BCUT2D eigenvalue weighted by atomic mass is 10.0. The Kier molecular flexibility index (Phi) is 4.10. The maximum atomic E-state index is 12.3. The number of hydrogen-bond acceptors (Lipinski definition) is 3. The number of carbonyl (C=O) groups is 1. The minimum Gasteiger partial charge on any atom is -0.496 e. The van der Waals surface area contributed by atoms with Gasteiger partial charge in [0.15, 0.2) is 0 Å². The average Bonchev–Trinajstić information content (AvgIpc) is 2.80. The van der Waals surface area contributed by atoms with Crippen molar-refractivity contribution in [2.75, 3.05) is 19.0 Å². The van der Waals surface area contributed by atoms with Crippen LogP contribution in [0.25, 0.3) is 0 Å². The molecular weight excluding hydrogens is 240 g/mol. The smallest absolute Gasteiger partial charge is 0.229 e. The summed E-state index contributed by atoms with van der Waals surface area (Å²) in [5.41, 5.74) is 2.90. The molecule has 2 N–H and O–H groups in total. The van der Waals surface area contributed by atoms with Crippen LogP contribution in [0.3, 0.4) is 0 Å². The first kappa shape index (κ1) is 13.9. The van der Waals surface area contributed by atoms with E-state index in [4.69, 9.17) is 4.74 Å². The third kappa shape index (κ3) is 2.73. The molecule has 2 rings (SSSR count). The largest absolute Gasteiger partial charge is 0.496 e. The van der Waals surface area contributed by atoms with E-state index < -0.39 is 0 Å². The second kappa shape index (κ2) is 5.61. The highest BCUT2D eigenvalue weighted by Gasteiger charge is 2.29. The van der Waals surface area contributed by atoms with Gasteiger partial charge < -0.3 is 15.4 Å². The molecule has 1 aliphatic heterocycles. The number of ether oxygens (including phenoxy) is 1. The number of nitrogens with one attached hydrogen (secondary N) is 2. The maximum Gasteiger partial charge on any atom is 0.229 e. The monoisotopic (exact) mass is 262 g/mol. The van der Waals surface area contributed by atoms with Crippen LogP contribution in [0.15, 0.2) is 12.1 Å². The van der Waals surface area contributed by atoms with Gasteiger partial charge in [-0.15, -0.1) is 0 Å².